The van der Waals surface area contributed by atoms with Crippen LogP contribution in [0.4, 0.5) is 5.69 Å². The number of H-pyrrole nitrogens is 1. The molecular formula is C16H21N5O. The highest BCUT2D eigenvalue weighted by atomic mass is 16.2. The first-order valence-electron chi connectivity index (χ1n) is 7.58. The van der Waals surface area contributed by atoms with Gasteiger partial charge in [-0.25, -0.2) is 4.98 Å². The average molecular weight is 299 g/mol. The molecule has 0 spiro atoms. The molecular weight excluding hydrogens is 278 g/mol. The molecule has 1 aliphatic rings. The van der Waals surface area contributed by atoms with E-state index in [2.05, 4.69) is 34.3 Å². The van der Waals surface area contributed by atoms with Crippen molar-refractivity contribution < 1.29 is 4.79 Å². The zero-order chi connectivity index (χ0) is 15.7. The second-order valence-corrected chi connectivity index (χ2v) is 6.14. The lowest BCUT2D eigenvalue weighted by Crippen LogP contribution is -2.17. The van der Waals surface area contributed by atoms with Gasteiger partial charge in [-0.2, -0.15) is 5.10 Å². The number of nitrogens with two attached hydrogens (primary N) is 1. The molecule has 3 rings (SSSR count). The molecule has 22 heavy (non-hydrogen) atoms. The van der Waals surface area contributed by atoms with Crippen molar-refractivity contribution in [2.24, 2.45) is 17.1 Å². The van der Waals surface area contributed by atoms with Gasteiger partial charge in [0.1, 0.15) is 5.82 Å². The van der Waals surface area contributed by atoms with Crippen molar-refractivity contribution in [2.75, 3.05) is 5.32 Å². The molecule has 6 heteroatoms. The Morgan fingerprint density at radius 1 is 1.45 bits per heavy atom. The molecule has 0 saturated heterocycles. The van der Waals surface area contributed by atoms with Crippen molar-refractivity contribution in [1.29, 1.82) is 0 Å². The molecule has 0 radical (unpaired) electrons. The first-order chi connectivity index (χ1) is 10.6. The Hall–Kier alpha value is -2.21. The predicted octanol–water partition coefficient (Wildman–Crippen LogP) is 2.31. The summed E-state index contributed by atoms with van der Waals surface area (Å²) < 4.78 is 0. The van der Waals surface area contributed by atoms with Crippen LogP contribution in [0.5, 0.6) is 0 Å². The van der Waals surface area contributed by atoms with E-state index in [9.17, 15) is 4.79 Å². The molecule has 1 aromatic carbocycles. The Morgan fingerprint density at radius 2 is 2.18 bits per heavy atom. The highest BCUT2D eigenvalue weighted by Crippen LogP contribution is 2.55. The van der Waals surface area contributed by atoms with Gasteiger partial charge in [-0.1, -0.05) is 13.8 Å². The van der Waals surface area contributed by atoms with Gasteiger partial charge in [0.15, 0.2) is 5.82 Å². The summed E-state index contributed by atoms with van der Waals surface area (Å²) in [6.45, 7) is 4.63. The van der Waals surface area contributed by atoms with Crippen LogP contribution >= 0.6 is 0 Å². The monoisotopic (exact) mass is 299 g/mol. The number of rotatable bonds is 5. The van der Waals surface area contributed by atoms with E-state index in [0.29, 0.717) is 18.2 Å². The molecule has 1 saturated carbocycles. The highest BCUT2D eigenvalue weighted by molar-refractivity contribution is 5.95. The number of nitrogens with zero attached hydrogens (tertiary/aromatic N) is 2. The number of aromatic amines is 1. The standard InChI is InChI=1S/C16H21N5O/c1-3-16(2)8-12(16)15(22)18-11-6-4-10(5-7-11)14-19-13(9-17)20-21-14/h4-7,12H,3,8-9,17H2,1-2H3,(H,18,22)(H,19,20,21). The van der Waals surface area contributed by atoms with E-state index < -0.39 is 0 Å². The van der Waals surface area contributed by atoms with E-state index >= 15 is 0 Å². The number of hydrogen-bond donors (Lipinski definition) is 3. The zero-order valence-corrected chi connectivity index (χ0v) is 12.9. The second kappa shape index (κ2) is 5.53. The quantitative estimate of drug-likeness (QED) is 0.789. The second-order valence-electron chi connectivity index (χ2n) is 6.14. The van der Waals surface area contributed by atoms with Crippen LogP contribution in [0, 0.1) is 11.3 Å². The molecule has 2 unspecified atom stereocenters. The van der Waals surface area contributed by atoms with Crippen LogP contribution in [0.3, 0.4) is 0 Å². The average Bonchev–Trinajstić information content (AvgIpc) is 3.01. The number of benzene rings is 1. The molecule has 1 amide bonds. The number of carbonyl (C=O) groups is 1. The van der Waals surface area contributed by atoms with Gasteiger partial charge < -0.3 is 11.1 Å². The van der Waals surface area contributed by atoms with Crippen LogP contribution in [0.25, 0.3) is 11.4 Å². The lowest BCUT2D eigenvalue weighted by molar-refractivity contribution is -0.118. The molecule has 0 aliphatic heterocycles. The lowest BCUT2D eigenvalue weighted by Gasteiger charge is -2.08. The topological polar surface area (TPSA) is 96.7 Å². The van der Waals surface area contributed by atoms with Crippen molar-refractivity contribution in [3.05, 3.63) is 30.1 Å². The van der Waals surface area contributed by atoms with Crippen LogP contribution in [0.1, 0.15) is 32.5 Å². The molecule has 1 aliphatic carbocycles. The first kappa shape index (κ1) is 14.7. The fraction of sp³-hybridized carbons (Fsp3) is 0.438. The Morgan fingerprint density at radius 3 is 2.73 bits per heavy atom. The number of anilines is 1. The molecule has 1 heterocycles. The summed E-state index contributed by atoms with van der Waals surface area (Å²) in [6, 6.07) is 7.53. The van der Waals surface area contributed by atoms with E-state index in [-0.39, 0.29) is 17.2 Å². The first-order valence-corrected chi connectivity index (χ1v) is 7.58. The predicted molar refractivity (Wildman–Crippen MR) is 84.8 cm³/mol. The summed E-state index contributed by atoms with van der Waals surface area (Å²) in [6.07, 6.45) is 2.02. The molecule has 1 fully saturated rings. The summed E-state index contributed by atoms with van der Waals surface area (Å²) >= 11 is 0. The lowest BCUT2D eigenvalue weighted by atomic mass is 10.0. The van der Waals surface area contributed by atoms with Gasteiger partial charge in [-0.15, -0.1) is 0 Å². The molecule has 6 nitrogen and oxygen atoms in total. The fourth-order valence-corrected chi connectivity index (χ4v) is 2.66. The third-order valence-electron chi connectivity index (χ3n) is 4.61. The van der Waals surface area contributed by atoms with Crippen LogP contribution in [-0.4, -0.2) is 21.1 Å². The fourth-order valence-electron chi connectivity index (χ4n) is 2.66. The van der Waals surface area contributed by atoms with Crippen molar-refractivity contribution in [3.8, 4) is 11.4 Å². The number of amides is 1. The SMILES string of the molecule is CCC1(C)CC1C(=O)Nc1ccc(-c2n[nH]c(CN)n2)cc1. The summed E-state index contributed by atoms with van der Waals surface area (Å²) in [5.41, 5.74) is 7.38. The summed E-state index contributed by atoms with van der Waals surface area (Å²) in [7, 11) is 0. The van der Waals surface area contributed by atoms with Crippen LogP contribution < -0.4 is 11.1 Å². The van der Waals surface area contributed by atoms with Gasteiger partial charge in [-0.3, -0.25) is 9.89 Å². The van der Waals surface area contributed by atoms with Gasteiger partial charge in [0.05, 0.1) is 6.54 Å². The van der Waals surface area contributed by atoms with E-state index in [1.807, 2.05) is 24.3 Å². The molecule has 1 aromatic heterocycles. The van der Waals surface area contributed by atoms with Gasteiger partial charge in [-0.05, 0) is 42.5 Å². The zero-order valence-electron chi connectivity index (χ0n) is 12.9. The number of carbonyl (C=O) groups excluding carboxylic acids is 1. The molecule has 2 aromatic rings. The van der Waals surface area contributed by atoms with E-state index in [0.717, 1.165) is 24.1 Å². The number of hydrogen-bond acceptors (Lipinski definition) is 4. The van der Waals surface area contributed by atoms with E-state index in [1.54, 1.807) is 0 Å². The smallest absolute Gasteiger partial charge is 0.228 e. The summed E-state index contributed by atoms with van der Waals surface area (Å²) in [4.78, 5) is 16.5. The van der Waals surface area contributed by atoms with Crippen molar-refractivity contribution in [3.63, 3.8) is 0 Å². The Labute approximate surface area is 129 Å². The summed E-state index contributed by atoms with van der Waals surface area (Å²) in [5.74, 6) is 1.51. The molecule has 2 atom stereocenters. The summed E-state index contributed by atoms with van der Waals surface area (Å²) in [5, 5.41) is 9.88. The van der Waals surface area contributed by atoms with Gasteiger partial charge in [0, 0.05) is 17.2 Å². The van der Waals surface area contributed by atoms with E-state index in [4.69, 9.17) is 5.73 Å². The van der Waals surface area contributed by atoms with Crippen molar-refractivity contribution in [2.45, 2.75) is 33.2 Å². The van der Waals surface area contributed by atoms with Crippen LogP contribution in [0.15, 0.2) is 24.3 Å². The largest absolute Gasteiger partial charge is 0.326 e. The van der Waals surface area contributed by atoms with E-state index in [1.165, 1.54) is 0 Å². The maximum Gasteiger partial charge on any atom is 0.228 e. The molecule has 116 valence electrons. The minimum Gasteiger partial charge on any atom is -0.326 e. The van der Waals surface area contributed by atoms with Crippen molar-refractivity contribution >= 4 is 11.6 Å². The van der Waals surface area contributed by atoms with Gasteiger partial charge in [0.2, 0.25) is 5.91 Å². The van der Waals surface area contributed by atoms with Crippen LogP contribution in [0.2, 0.25) is 0 Å². The highest BCUT2D eigenvalue weighted by Gasteiger charge is 2.52. The maximum atomic E-state index is 12.2. The molecule has 0 bridgehead atoms. The van der Waals surface area contributed by atoms with Gasteiger partial charge >= 0.3 is 0 Å². The Kier molecular flexibility index (Phi) is 3.70. The maximum absolute atomic E-state index is 12.2. The van der Waals surface area contributed by atoms with Crippen LogP contribution in [-0.2, 0) is 11.3 Å². The van der Waals surface area contributed by atoms with Crippen molar-refractivity contribution in [1.82, 2.24) is 15.2 Å². The number of aromatic nitrogens is 3. The molecule has 4 N–H and O–H groups in total. The minimum absolute atomic E-state index is 0.111. The normalized spacial score (nSPS) is 23.3. The third kappa shape index (κ3) is 2.74. The number of nitrogens with one attached hydrogen (secondary N) is 2. The Bertz CT molecular complexity index is 678. The Balaban J connectivity index is 1.66. The third-order valence-corrected chi connectivity index (χ3v) is 4.61. The van der Waals surface area contributed by atoms with Gasteiger partial charge in [0.25, 0.3) is 0 Å². The minimum atomic E-state index is 0.111.